The van der Waals surface area contributed by atoms with Gasteiger partial charge >= 0.3 is 11.9 Å². The Hall–Kier alpha value is -4.43. The fourth-order valence-corrected chi connectivity index (χ4v) is 3.76. The molecule has 8 heteroatoms. The number of benzene rings is 3. The van der Waals surface area contributed by atoms with Crippen LogP contribution in [0.5, 0.6) is 5.88 Å². The highest BCUT2D eigenvalue weighted by atomic mass is 16.5. The number of aliphatic imine (C=N–C) groups is 1. The zero-order valence-electron chi connectivity index (χ0n) is 18.4. The third-order valence-electron chi connectivity index (χ3n) is 5.44. The monoisotopic (exact) mass is 457 g/mol. The predicted molar refractivity (Wildman–Crippen MR) is 129 cm³/mol. The number of fused-ring (bicyclic) bond motifs is 1. The van der Waals surface area contributed by atoms with Crippen LogP contribution >= 0.6 is 0 Å². The number of aromatic nitrogens is 1. The van der Waals surface area contributed by atoms with E-state index in [0.717, 1.165) is 5.56 Å². The highest BCUT2D eigenvalue weighted by molar-refractivity contribution is 6.22. The molecule has 1 atom stereocenters. The van der Waals surface area contributed by atoms with E-state index in [4.69, 9.17) is 20.6 Å². The fraction of sp³-hybridized carbons (Fsp3) is 0.115. The summed E-state index contributed by atoms with van der Waals surface area (Å²) < 4.78 is 4.79. The van der Waals surface area contributed by atoms with Crippen LogP contribution in [0.1, 0.15) is 39.5 Å². The van der Waals surface area contributed by atoms with E-state index >= 15 is 0 Å². The predicted octanol–water partition coefficient (Wildman–Crippen LogP) is 4.30. The molecule has 0 radical (unpaired) electrons. The Morgan fingerprint density at radius 2 is 1.74 bits per heavy atom. The molecule has 0 aliphatic carbocycles. The molecular weight excluding hydrogens is 434 g/mol. The van der Waals surface area contributed by atoms with E-state index in [9.17, 15) is 14.7 Å². The third-order valence-corrected chi connectivity index (χ3v) is 5.44. The largest absolute Gasteiger partial charge is 0.494 e. The lowest BCUT2D eigenvalue weighted by Gasteiger charge is -2.11. The minimum absolute atomic E-state index is 0.0836. The average molecular weight is 457 g/mol. The highest BCUT2D eigenvalue weighted by Gasteiger charge is 2.20. The molecule has 0 saturated carbocycles. The van der Waals surface area contributed by atoms with Crippen molar-refractivity contribution in [2.75, 3.05) is 7.11 Å². The van der Waals surface area contributed by atoms with Crippen LogP contribution in [0.25, 0.3) is 10.9 Å². The first-order chi connectivity index (χ1) is 16.4. The van der Waals surface area contributed by atoms with Gasteiger partial charge in [0.2, 0.25) is 0 Å². The summed E-state index contributed by atoms with van der Waals surface area (Å²) in [5.74, 6) is -1.53. The molecule has 0 bridgehead atoms. The van der Waals surface area contributed by atoms with Gasteiger partial charge in [-0.25, -0.2) is 9.79 Å². The summed E-state index contributed by atoms with van der Waals surface area (Å²) in [4.78, 5) is 30.6. The van der Waals surface area contributed by atoms with Gasteiger partial charge in [-0.2, -0.15) is 0 Å². The SMILES string of the molecule is COC(=O)c1ccc2c(C(=Nc3ccc(C(N)CC(=O)O)cc3)c3ccccc3)c(O)[nH]c2c1. The van der Waals surface area contributed by atoms with Crippen molar-refractivity contribution in [3.05, 3.63) is 95.1 Å². The van der Waals surface area contributed by atoms with Gasteiger partial charge in [0.1, 0.15) is 0 Å². The number of H-pyrrole nitrogens is 1. The van der Waals surface area contributed by atoms with Crippen LogP contribution in [0.4, 0.5) is 5.69 Å². The van der Waals surface area contributed by atoms with Crippen LogP contribution in [0.2, 0.25) is 0 Å². The lowest BCUT2D eigenvalue weighted by Crippen LogP contribution is -2.14. The average Bonchev–Trinajstić information content (AvgIpc) is 3.17. The molecule has 172 valence electrons. The first-order valence-corrected chi connectivity index (χ1v) is 10.5. The van der Waals surface area contributed by atoms with Gasteiger partial charge in [0, 0.05) is 22.5 Å². The summed E-state index contributed by atoms with van der Waals surface area (Å²) in [6.07, 6.45) is -0.172. The molecule has 8 nitrogen and oxygen atoms in total. The number of methoxy groups -OCH3 is 1. The van der Waals surface area contributed by atoms with Crippen LogP contribution < -0.4 is 5.73 Å². The number of carboxylic acid groups (broad SMARTS) is 1. The van der Waals surface area contributed by atoms with Crippen LogP contribution in [-0.4, -0.2) is 40.0 Å². The lowest BCUT2D eigenvalue weighted by atomic mass is 10.00. The zero-order valence-corrected chi connectivity index (χ0v) is 18.4. The summed E-state index contributed by atoms with van der Waals surface area (Å²) in [6.45, 7) is 0. The number of nitrogens with one attached hydrogen (secondary N) is 1. The van der Waals surface area contributed by atoms with E-state index in [-0.39, 0.29) is 12.3 Å². The number of carboxylic acids is 1. The number of carbonyl (C=O) groups is 2. The summed E-state index contributed by atoms with van der Waals surface area (Å²) in [5.41, 5.74) is 9.96. The van der Waals surface area contributed by atoms with Gasteiger partial charge in [0.05, 0.1) is 36.1 Å². The van der Waals surface area contributed by atoms with E-state index < -0.39 is 18.0 Å². The Bertz CT molecular complexity index is 1380. The van der Waals surface area contributed by atoms with Crippen LogP contribution in [0.3, 0.4) is 0 Å². The minimum atomic E-state index is -0.967. The van der Waals surface area contributed by atoms with Crippen molar-refractivity contribution in [2.45, 2.75) is 12.5 Å². The summed E-state index contributed by atoms with van der Waals surface area (Å²) >= 11 is 0. The molecule has 0 saturated heterocycles. The zero-order chi connectivity index (χ0) is 24.2. The van der Waals surface area contributed by atoms with Crippen molar-refractivity contribution < 1.29 is 24.5 Å². The molecule has 0 spiro atoms. The maximum atomic E-state index is 11.9. The van der Waals surface area contributed by atoms with Gasteiger partial charge in [-0.15, -0.1) is 0 Å². The Balaban J connectivity index is 1.81. The molecular formula is C26H23N3O5. The number of esters is 1. The molecule has 3 aromatic carbocycles. The number of nitrogens with zero attached hydrogens (tertiary/aromatic N) is 1. The number of aliphatic carboxylic acids is 1. The second-order valence-corrected chi connectivity index (χ2v) is 7.72. The van der Waals surface area contributed by atoms with Crippen molar-refractivity contribution in [3.8, 4) is 5.88 Å². The second kappa shape index (κ2) is 9.60. The van der Waals surface area contributed by atoms with E-state index in [0.29, 0.717) is 39.0 Å². The lowest BCUT2D eigenvalue weighted by molar-refractivity contribution is -0.137. The standard InChI is InChI=1S/C26H23N3O5/c1-34-26(33)17-9-12-19-21(13-17)29-25(32)23(19)24(16-5-3-2-4-6-16)28-18-10-7-15(8-11-18)20(27)14-22(30)31/h2-13,20,29,32H,14,27H2,1H3,(H,30,31). The van der Waals surface area contributed by atoms with Crippen molar-refractivity contribution in [3.63, 3.8) is 0 Å². The number of hydrogen-bond acceptors (Lipinski definition) is 6. The smallest absolute Gasteiger partial charge is 0.337 e. The topological polar surface area (TPSA) is 138 Å². The molecule has 0 aliphatic heterocycles. The van der Waals surface area contributed by atoms with Gasteiger partial charge in [-0.1, -0.05) is 48.5 Å². The number of aromatic amines is 1. The maximum absolute atomic E-state index is 11.9. The molecule has 0 fully saturated rings. The molecule has 5 N–H and O–H groups in total. The van der Waals surface area contributed by atoms with Crippen LogP contribution in [-0.2, 0) is 9.53 Å². The molecule has 4 aromatic rings. The summed E-state index contributed by atoms with van der Waals surface area (Å²) in [7, 11) is 1.31. The Kier molecular flexibility index (Phi) is 6.42. The number of aromatic hydroxyl groups is 1. The Morgan fingerprint density at radius 1 is 1.03 bits per heavy atom. The minimum Gasteiger partial charge on any atom is -0.494 e. The quantitative estimate of drug-likeness (QED) is 0.241. The normalized spacial score (nSPS) is 12.5. The summed E-state index contributed by atoms with van der Waals surface area (Å²) in [6, 6.07) is 20.8. The van der Waals surface area contributed by atoms with E-state index in [1.54, 1.807) is 42.5 Å². The van der Waals surface area contributed by atoms with Crippen molar-refractivity contribution in [1.29, 1.82) is 0 Å². The number of rotatable bonds is 7. The molecule has 0 amide bonds. The van der Waals surface area contributed by atoms with Gasteiger partial charge in [-0.3, -0.25) is 4.79 Å². The van der Waals surface area contributed by atoms with E-state index in [1.165, 1.54) is 7.11 Å². The van der Waals surface area contributed by atoms with Gasteiger partial charge in [0.25, 0.3) is 0 Å². The fourth-order valence-electron chi connectivity index (χ4n) is 3.76. The van der Waals surface area contributed by atoms with Crippen LogP contribution in [0, 0.1) is 0 Å². The molecule has 4 rings (SSSR count). The van der Waals surface area contributed by atoms with Gasteiger partial charge in [0.15, 0.2) is 5.88 Å². The van der Waals surface area contributed by atoms with E-state index in [1.807, 2.05) is 30.3 Å². The number of hydrogen-bond donors (Lipinski definition) is 4. The maximum Gasteiger partial charge on any atom is 0.337 e. The van der Waals surface area contributed by atoms with Crippen molar-refractivity contribution in [2.24, 2.45) is 10.7 Å². The van der Waals surface area contributed by atoms with Gasteiger partial charge < -0.3 is 25.7 Å². The highest BCUT2D eigenvalue weighted by Crippen LogP contribution is 2.32. The van der Waals surface area contributed by atoms with Crippen molar-refractivity contribution in [1.82, 2.24) is 4.98 Å². The molecule has 1 heterocycles. The molecule has 0 aliphatic rings. The second-order valence-electron chi connectivity index (χ2n) is 7.72. The molecule has 34 heavy (non-hydrogen) atoms. The Labute approximate surface area is 195 Å². The third kappa shape index (κ3) is 4.67. The van der Waals surface area contributed by atoms with Crippen molar-refractivity contribution >= 4 is 34.2 Å². The number of ether oxygens (including phenoxy) is 1. The number of nitrogens with two attached hydrogens (primary N) is 1. The first kappa shape index (κ1) is 22.8. The van der Waals surface area contributed by atoms with Gasteiger partial charge in [-0.05, 0) is 29.8 Å². The first-order valence-electron chi connectivity index (χ1n) is 10.5. The molecule has 1 aromatic heterocycles. The summed E-state index contributed by atoms with van der Waals surface area (Å²) in [5, 5.41) is 20.5. The van der Waals surface area contributed by atoms with Crippen LogP contribution in [0.15, 0.2) is 77.8 Å². The number of carbonyl (C=O) groups excluding carboxylic acids is 1. The molecule has 1 unspecified atom stereocenters. The Morgan fingerprint density at radius 3 is 2.38 bits per heavy atom. The van der Waals surface area contributed by atoms with E-state index in [2.05, 4.69) is 4.98 Å².